The minimum Gasteiger partial charge on any atom is -0.495 e. The molecule has 7 nitrogen and oxygen atoms in total. The summed E-state index contributed by atoms with van der Waals surface area (Å²) < 4.78 is 6.94. The first-order valence-corrected chi connectivity index (χ1v) is 12.3. The van der Waals surface area contributed by atoms with Gasteiger partial charge in [-0.05, 0) is 55.5 Å². The van der Waals surface area contributed by atoms with E-state index in [1.54, 1.807) is 52.1 Å². The molecule has 0 bridgehead atoms. The zero-order valence-corrected chi connectivity index (χ0v) is 20.1. The molecule has 2 amide bonds. The molecule has 1 aliphatic heterocycles. The minimum atomic E-state index is -1.18. The van der Waals surface area contributed by atoms with Crippen molar-refractivity contribution >= 4 is 40.4 Å². The summed E-state index contributed by atoms with van der Waals surface area (Å²) in [5.74, 6) is 0.0300. The molecule has 0 spiro atoms. The lowest BCUT2D eigenvalue weighted by Gasteiger charge is -2.43. The van der Waals surface area contributed by atoms with Gasteiger partial charge in [-0.25, -0.2) is 0 Å². The minimum absolute atomic E-state index is 0.131. The predicted octanol–water partition coefficient (Wildman–Crippen LogP) is 4.75. The van der Waals surface area contributed by atoms with Crippen LogP contribution in [0.3, 0.4) is 0 Å². The van der Waals surface area contributed by atoms with Crippen LogP contribution in [0.2, 0.25) is 5.02 Å². The molecule has 0 unspecified atom stereocenters. The first kappa shape index (κ1) is 22.0. The molecule has 5 rings (SSSR count). The van der Waals surface area contributed by atoms with Gasteiger partial charge in [0.05, 0.1) is 23.6 Å². The highest BCUT2D eigenvalue weighted by atomic mass is 35.5. The SMILES string of the molecule is COc1ccc(N2C(=O)c3cc(-c4cccs4)nn3C[C@]2(C)C(=O)NC2CCCC2)cc1Cl. The van der Waals surface area contributed by atoms with Crippen molar-refractivity contribution in [3.05, 3.63) is 52.5 Å². The van der Waals surface area contributed by atoms with Gasteiger partial charge in [-0.2, -0.15) is 5.10 Å². The van der Waals surface area contributed by atoms with Crippen molar-refractivity contribution in [3.8, 4) is 16.3 Å². The van der Waals surface area contributed by atoms with E-state index in [2.05, 4.69) is 10.4 Å². The summed E-state index contributed by atoms with van der Waals surface area (Å²) in [6, 6.07) is 11.0. The maximum Gasteiger partial charge on any atom is 0.277 e. The Morgan fingerprint density at radius 3 is 2.73 bits per heavy atom. The van der Waals surface area contributed by atoms with Crippen LogP contribution in [0.5, 0.6) is 5.75 Å². The Labute approximate surface area is 201 Å². The molecule has 0 radical (unpaired) electrons. The second-order valence-electron chi connectivity index (χ2n) is 8.74. The number of fused-ring (bicyclic) bond motifs is 1. The highest BCUT2D eigenvalue weighted by Crippen LogP contribution is 2.38. The van der Waals surface area contributed by atoms with E-state index in [1.807, 2.05) is 17.5 Å². The Kier molecular flexibility index (Phi) is 5.66. The third-order valence-electron chi connectivity index (χ3n) is 6.50. The topological polar surface area (TPSA) is 76.5 Å². The number of amides is 2. The fraction of sp³-hybridized carbons (Fsp3) is 0.375. The normalized spacial score (nSPS) is 20.7. The quantitative estimate of drug-likeness (QED) is 0.567. The smallest absolute Gasteiger partial charge is 0.277 e. The Hall–Kier alpha value is -2.84. The highest BCUT2D eigenvalue weighted by molar-refractivity contribution is 7.13. The Balaban J connectivity index is 1.59. The summed E-state index contributed by atoms with van der Waals surface area (Å²) in [6.45, 7) is 2.03. The van der Waals surface area contributed by atoms with Crippen LogP contribution in [0.4, 0.5) is 5.69 Å². The molecule has 1 saturated carbocycles. The Bertz CT molecular complexity index is 1200. The van der Waals surface area contributed by atoms with Crippen LogP contribution >= 0.6 is 22.9 Å². The van der Waals surface area contributed by atoms with E-state index in [-0.39, 0.29) is 24.4 Å². The number of rotatable bonds is 5. The van der Waals surface area contributed by atoms with E-state index < -0.39 is 5.54 Å². The van der Waals surface area contributed by atoms with Crippen molar-refractivity contribution in [3.63, 3.8) is 0 Å². The van der Waals surface area contributed by atoms with Crippen LogP contribution in [0, 0.1) is 0 Å². The zero-order chi connectivity index (χ0) is 23.2. The van der Waals surface area contributed by atoms with Gasteiger partial charge in [-0.3, -0.25) is 19.2 Å². The molecule has 3 aromatic rings. The number of nitrogens with one attached hydrogen (secondary N) is 1. The average molecular weight is 485 g/mol. The number of hydrogen-bond donors (Lipinski definition) is 1. The fourth-order valence-corrected chi connectivity index (χ4v) is 5.67. The summed E-state index contributed by atoms with van der Waals surface area (Å²) in [5, 5.41) is 10.2. The lowest BCUT2D eigenvalue weighted by molar-refractivity contribution is -0.127. The number of methoxy groups -OCH3 is 1. The largest absolute Gasteiger partial charge is 0.495 e. The van der Waals surface area contributed by atoms with Crippen LogP contribution in [-0.4, -0.2) is 40.3 Å². The van der Waals surface area contributed by atoms with Gasteiger partial charge >= 0.3 is 0 Å². The molecule has 172 valence electrons. The van der Waals surface area contributed by atoms with Crippen molar-refractivity contribution in [1.29, 1.82) is 0 Å². The molecule has 33 heavy (non-hydrogen) atoms. The molecule has 3 heterocycles. The number of nitrogens with zero attached hydrogens (tertiary/aromatic N) is 3. The molecular formula is C24H25ClN4O3S. The van der Waals surface area contributed by atoms with Gasteiger partial charge in [-0.1, -0.05) is 30.5 Å². The summed E-state index contributed by atoms with van der Waals surface area (Å²) in [4.78, 5) is 30.0. The molecule has 1 atom stereocenters. The van der Waals surface area contributed by atoms with Crippen molar-refractivity contribution in [2.24, 2.45) is 0 Å². The molecule has 2 aliphatic rings. The molecule has 0 saturated heterocycles. The van der Waals surface area contributed by atoms with Gasteiger partial charge in [0.1, 0.15) is 22.7 Å². The van der Waals surface area contributed by atoms with Crippen LogP contribution in [-0.2, 0) is 11.3 Å². The van der Waals surface area contributed by atoms with Crippen LogP contribution in [0.1, 0.15) is 43.1 Å². The molecule has 2 aromatic heterocycles. The summed E-state index contributed by atoms with van der Waals surface area (Å²) in [5.41, 5.74) is 0.529. The van der Waals surface area contributed by atoms with E-state index in [9.17, 15) is 9.59 Å². The van der Waals surface area contributed by atoms with Crippen molar-refractivity contribution in [1.82, 2.24) is 15.1 Å². The Morgan fingerprint density at radius 2 is 2.06 bits per heavy atom. The molecule has 1 aliphatic carbocycles. The third kappa shape index (κ3) is 3.81. The number of carbonyl (C=O) groups excluding carboxylic acids is 2. The van der Waals surface area contributed by atoms with Crippen LogP contribution < -0.4 is 15.0 Å². The number of aromatic nitrogens is 2. The van der Waals surface area contributed by atoms with Gasteiger partial charge in [0.2, 0.25) is 5.91 Å². The molecule has 9 heteroatoms. The molecular weight excluding hydrogens is 460 g/mol. The number of anilines is 1. The highest BCUT2D eigenvalue weighted by Gasteiger charge is 2.49. The predicted molar refractivity (Wildman–Crippen MR) is 129 cm³/mol. The van der Waals surface area contributed by atoms with Gasteiger partial charge in [0.25, 0.3) is 5.91 Å². The van der Waals surface area contributed by atoms with E-state index in [1.165, 1.54) is 7.11 Å². The Morgan fingerprint density at radius 1 is 1.27 bits per heavy atom. The number of thiophene rings is 1. The van der Waals surface area contributed by atoms with Gasteiger partial charge in [0, 0.05) is 11.7 Å². The van der Waals surface area contributed by atoms with Crippen LogP contribution in [0.15, 0.2) is 41.8 Å². The standard InChI is InChI=1S/C24H25ClN4O3S/c1-24(23(31)26-15-6-3-4-7-15)14-28-19(13-18(27-28)21-8-5-11-33-21)22(30)29(24)16-9-10-20(32-2)17(25)12-16/h5,8-13,15H,3-4,6-7,14H2,1-2H3,(H,26,31)/t24-/m1/s1. The zero-order valence-electron chi connectivity index (χ0n) is 18.5. The van der Waals surface area contributed by atoms with Crippen molar-refractivity contribution in [2.75, 3.05) is 12.0 Å². The van der Waals surface area contributed by atoms with Crippen LogP contribution in [0.25, 0.3) is 10.6 Å². The summed E-state index contributed by atoms with van der Waals surface area (Å²) >= 11 is 7.96. The van der Waals surface area contributed by atoms with Crippen molar-refractivity contribution in [2.45, 2.75) is 50.7 Å². The fourth-order valence-electron chi connectivity index (χ4n) is 4.74. The maximum absolute atomic E-state index is 13.8. The lowest BCUT2D eigenvalue weighted by Crippen LogP contribution is -2.65. The summed E-state index contributed by atoms with van der Waals surface area (Å²) in [7, 11) is 1.54. The van der Waals surface area contributed by atoms with Gasteiger partial charge in [0.15, 0.2) is 0 Å². The molecule has 1 aromatic carbocycles. The maximum atomic E-state index is 13.8. The summed E-state index contributed by atoms with van der Waals surface area (Å²) in [6.07, 6.45) is 4.12. The second kappa shape index (κ2) is 8.50. The number of hydrogen-bond acceptors (Lipinski definition) is 5. The monoisotopic (exact) mass is 484 g/mol. The number of benzene rings is 1. The van der Waals surface area contributed by atoms with E-state index in [0.717, 1.165) is 36.3 Å². The van der Waals surface area contributed by atoms with E-state index in [4.69, 9.17) is 16.3 Å². The molecule has 1 N–H and O–H groups in total. The van der Waals surface area contributed by atoms with Gasteiger partial charge < -0.3 is 10.1 Å². The second-order valence-corrected chi connectivity index (χ2v) is 10.1. The number of carbonyl (C=O) groups is 2. The van der Waals surface area contributed by atoms with E-state index in [0.29, 0.717) is 22.2 Å². The van der Waals surface area contributed by atoms with E-state index >= 15 is 0 Å². The third-order valence-corrected chi connectivity index (χ3v) is 7.69. The van der Waals surface area contributed by atoms with Gasteiger partial charge in [-0.15, -0.1) is 11.3 Å². The first-order valence-electron chi connectivity index (χ1n) is 11.0. The number of ether oxygens (including phenoxy) is 1. The molecule has 1 fully saturated rings. The lowest BCUT2D eigenvalue weighted by atomic mass is 9.93. The van der Waals surface area contributed by atoms with Crippen molar-refractivity contribution < 1.29 is 14.3 Å². The first-order chi connectivity index (χ1) is 15.9. The number of halogens is 1. The average Bonchev–Trinajstić information content (AvgIpc) is 3.55.